The summed E-state index contributed by atoms with van der Waals surface area (Å²) < 4.78 is 95.2. The third-order valence-corrected chi connectivity index (χ3v) is 12.0. The minimum absolute atomic E-state index is 0. The molecule has 0 unspecified atom stereocenters. The van der Waals surface area contributed by atoms with Gasteiger partial charge in [0.15, 0.2) is 0 Å². The van der Waals surface area contributed by atoms with Crippen LogP contribution in [0.1, 0.15) is 20.3 Å². The van der Waals surface area contributed by atoms with E-state index in [9.17, 15) is 39.5 Å². The minimum Gasteiger partial charge on any atom is -0.475 e. The maximum absolute atomic E-state index is 10.6. The number of hydrogen-bond acceptors (Lipinski definition) is 3. The third-order valence-electron chi connectivity index (χ3n) is 6.43. The molecule has 3 N–H and O–H groups in total. The van der Waals surface area contributed by atoms with Gasteiger partial charge in [-0.15, -0.1) is 0 Å². The van der Waals surface area contributed by atoms with Gasteiger partial charge in [-0.2, -0.15) is 39.5 Å². The minimum atomic E-state index is -5.08. The SMILES string of the molecule is C[C@H](C[C@@H](C)P(c1ccccc1)c1ccccc1)P(c1ccccc1)c1ccccc1.O=C(O)C(F)(F)F.O=C(O)C(F)(F)F.O=C(O)C(F)(F)F.[Ir]. The van der Waals surface area contributed by atoms with E-state index < -0.39 is 52.3 Å². The molecule has 18 heteroatoms. The molecule has 53 heavy (non-hydrogen) atoms. The second kappa shape index (κ2) is 23.1. The van der Waals surface area contributed by atoms with Crippen LogP contribution in [0.3, 0.4) is 0 Å². The molecule has 0 aliphatic rings. The average molecular weight is 975 g/mol. The Kier molecular flexibility index (Phi) is 21.4. The van der Waals surface area contributed by atoms with Crippen LogP contribution in [-0.4, -0.2) is 63.1 Å². The van der Waals surface area contributed by atoms with Gasteiger partial charge in [0.25, 0.3) is 0 Å². The van der Waals surface area contributed by atoms with Crippen molar-refractivity contribution in [3.05, 3.63) is 121 Å². The molecule has 1 radical (unpaired) electrons. The van der Waals surface area contributed by atoms with Gasteiger partial charge in [0.2, 0.25) is 0 Å². The van der Waals surface area contributed by atoms with Gasteiger partial charge in [0.1, 0.15) is 0 Å². The Morgan fingerprint density at radius 1 is 0.453 bits per heavy atom. The van der Waals surface area contributed by atoms with Crippen molar-refractivity contribution in [3.63, 3.8) is 0 Å². The largest absolute Gasteiger partial charge is 0.490 e. The fourth-order valence-electron chi connectivity index (χ4n) is 4.37. The summed E-state index contributed by atoms with van der Waals surface area (Å²) in [5.74, 6) is -8.27. The van der Waals surface area contributed by atoms with Gasteiger partial charge in [0, 0.05) is 20.1 Å². The van der Waals surface area contributed by atoms with Crippen molar-refractivity contribution >= 4 is 55.0 Å². The quantitative estimate of drug-likeness (QED) is 0.121. The van der Waals surface area contributed by atoms with Gasteiger partial charge in [-0.3, -0.25) is 0 Å². The first-order valence-corrected chi connectivity index (χ1v) is 17.6. The fraction of sp³-hybridized carbons (Fsp3) is 0.229. The predicted octanol–water partition coefficient (Wildman–Crippen LogP) is 8.32. The number of alkyl halides is 9. The van der Waals surface area contributed by atoms with Crippen LogP contribution in [0.2, 0.25) is 0 Å². The van der Waals surface area contributed by atoms with E-state index in [2.05, 4.69) is 135 Å². The maximum atomic E-state index is 10.6. The van der Waals surface area contributed by atoms with Crippen LogP contribution in [0, 0.1) is 0 Å². The Balaban J connectivity index is 0.00000101. The van der Waals surface area contributed by atoms with Crippen LogP contribution >= 0.6 is 15.8 Å². The summed E-state index contributed by atoms with van der Waals surface area (Å²) in [7, 11) is -0.794. The standard InChI is InChI=1S/C29H30P2.3C2HF3O2.Ir/c1-24(30(26-15-7-3-8-16-26)27-17-9-4-10-18-27)23-25(2)31(28-19-11-5-12-20-28)29-21-13-6-14-22-29;3*3-2(4,5)1(6)7;/h3-22,24-25H,23H2,1-2H3;3*(H,6,7);/t24-,25-;;;;/m1..../s1. The molecule has 6 nitrogen and oxygen atoms in total. The van der Waals surface area contributed by atoms with Gasteiger partial charge >= 0.3 is 36.4 Å². The number of hydrogen-bond donors (Lipinski definition) is 3. The molecule has 0 bridgehead atoms. The maximum Gasteiger partial charge on any atom is 0.490 e. The van der Waals surface area contributed by atoms with E-state index in [0.717, 1.165) is 0 Å². The third kappa shape index (κ3) is 18.7. The Labute approximate surface area is 314 Å². The molecular weight excluding hydrogens is 942 g/mol. The van der Waals surface area contributed by atoms with Crippen molar-refractivity contribution in [3.8, 4) is 0 Å². The van der Waals surface area contributed by atoms with Gasteiger partial charge in [-0.25, -0.2) is 14.4 Å². The first kappa shape index (κ1) is 49.2. The van der Waals surface area contributed by atoms with E-state index in [1.54, 1.807) is 0 Å². The number of carboxylic acid groups (broad SMARTS) is 3. The molecule has 2 atom stereocenters. The Hall–Kier alpha value is -3.83. The van der Waals surface area contributed by atoms with Crippen molar-refractivity contribution < 1.29 is 89.3 Å². The van der Waals surface area contributed by atoms with Crippen molar-refractivity contribution in [1.29, 1.82) is 0 Å². The summed E-state index contributed by atoms with van der Waals surface area (Å²) in [6.45, 7) is 4.93. The van der Waals surface area contributed by atoms with E-state index in [4.69, 9.17) is 29.7 Å². The normalized spacial score (nSPS) is 12.2. The van der Waals surface area contributed by atoms with Crippen molar-refractivity contribution in [2.45, 2.75) is 50.1 Å². The summed E-state index contributed by atoms with van der Waals surface area (Å²) in [5.41, 5.74) is 1.21. The number of rotatable bonds is 8. The second-order valence-electron chi connectivity index (χ2n) is 10.4. The topological polar surface area (TPSA) is 112 Å². The molecule has 4 rings (SSSR count). The molecule has 4 aromatic carbocycles. The monoisotopic (exact) mass is 975 g/mol. The van der Waals surface area contributed by atoms with E-state index >= 15 is 0 Å². The molecule has 4 aromatic rings. The molecule has 0 amide bonds. The van der Waals surface area contributed by atoms with Crippen LogP contribution < -0.4 is 21.2 Å². The Morgan fingerprint density at radius 2 is 0.604 bits per heavy atom. The summed E-state index contributed by atoms with van der Waals surface area (Å²) in [4.78, 5) is 26.7. The van der Waals surface area contributed by atoms with Crippen molar-refractivity contribution in [2.24, 2.45) is 0 Å². The average Bonchev–Trinajstić information content (AvgIpc) is 3.06. The molecule has 0 saturated heterocycles. The van der Waals surface area contributed by atoms with E-state index in [1.807, 2.05) is 0 Å². The van der Waals surface area contributed by atoms with Crippen LogP contribution in [0.5, 0.6) is 0 Å². The first-order valence-electron chi connectivity index (χ1n) is 14.8. The summed E-state index contributed by atoms with van der Waals surface area (Å²) in [6.07, 6.45) is -14.0. The van der Waals surface area contributed by atoms with Gasteiger partial charge in [-0.05, 0) is 54.8 Å². The van der Waals surface area contributed by atoms with Crippen molar-refractivity contribution in [2.75, 3.05) is 0 Å². The zero-order chi connectivity index (χ0) is 39.7. The summed E-state index contributed by atoms with van der Waals surface area (Å²) in [6, 6.07) is 44.5. The second-order valence-corrected chi connectivity index (χ2v) is 15.7. The first-order chi connectivity index (χ1) is 24.1. The zero-order valence-corrected chi connectivity index (χ0v) is 31.8. The van der Waals surface area contributed by atoms with Gasteiger partial charge < -0.3 is 15.3 Å². The molecule has 0 fully saturated rings. The van der Waals surface area contributed by atoms with Crippen molar-refractivity contribution in [1.82, 2.24) is 0 Å². The van der Waals surface area contributed by atoms with Crippen LogP contribution in [-0.2, 0) is 34.5 Å². The summed E-state index contributed by atoms with van der Waals surface area (Å²) >= 11 is 0. The number of carboxylic acids is 3. The van der Waals surface area contributed by atoms with Crippen LogP contribution in [0.15, 0.2) is 121 Å². The number of halogens is 9. The van der Waals surface area contributed by atoms with E-state index in [0.29, 0.717) is 11.3 Å². The molecular formula is C35H33F9IrO6P2. The van der Waals surface area contributed by atoms with E-state index in [1.165, 1.54) is 27.6 Å². The fourth-order valence-corrected chi connectivity index (χ4v) is 10.2. The molecule has 0 aliphatic heterocycles. The van der Waals surface area contributed by atoms with Crippen LogP contribution in [0.4, 0.5) is 39.5 Å². The zero-order valence-electron chi connectivity index (χ0n) is 27.6. The smallest absolute Gasteiger partial charge is 0.475 e. The van der Waals surface area contributed by atoms with E-state index in [-0.39, 0.29) is 20.1 Å². The predicted molar refractivity (Wildman–Crippen MR) is 183 cm³/mol. The molecule has 0 saturated carbocycles. The number of benzene rings is 4. The van der Waals surface area contributed by atoms with Crippen LogP contribution in [0.25, 0.3) is 0 Å². The Morgan fingerprint density at radius 3 is 0.736 bits per heavy atom. The molecule has 0 aromatic heterocycles. The van der Waals surface area contributed by atoms with Gasteiger partial charge in [-0.1, -0.05) is 135 Å². The Bertz CT molecular complexity index is 1420. The summed E-state index contributed by atoms with van der Waals surface area (Å²) in [5, 5.41) is 27.3. The van der Waals surface area contributed by atoms with Gasteiger partial charge in [0.05, 0.1) is 0 Å². The molecule has 0 heterocycles. The molecule has 0 spiro atoms. The number of aliphatic carboxylic acids is 3. The number of carbonyl (C=O) groups is 3. The molecule has 291 valence electrons. The molecule has 0 aliphatic carbocycles.